The van der Waals surface area contributed by atoms with E-state index in [9.17, 15) is 22.9 Å². The zero-order valence-corrected chi connectivity index (χ0v) is 22.3. The fourth-order valence-corrected chi connectivity index (χ4v) is 4.63. The number of rotatable bonds is 13. The lowest BCUT2D eigenvalue weighted by atomic mass is 9.98. The Kier molecular flexibility index (Phi) is 10.6. The van der Waals surface area contributed by atoms with Gasteiger partial charge in [-0.2, -0.15) is 13.2 Å². The molecule has 6 nitrogen and oxygen atoms in total. The van der Waals surface area contributed by atoms with Gasteiger partial charge in [0.2, 0.25) is 0 Å². The van der Waals surface area contributed by atoms with Crippen LogP contribution in [-0.4, -0.2) is 37.6 Å². The number of halogens is 3. The van der Waals surface area contributed by atoms with E-state index < -0.39 is 17.6 Å². The van der Waals surface area contributed by atoms with Crippen LogP contribution in [0.5, 0.6) is 11.5 Å². The zero-order chi connectivity index (χ0) is 28.4. The van der Waals surface area contributed by atoms with E-state index in [0.29, 0.717) is 49.5 Å². The highest BCUT2D eigenvalue weighted by Crippen LogP contribution is 2.34. The monoisotopic (exact) mass is 542 g/mol. The number of ether oxygens (including phenoxy) is 2. The van der Waals surface area contributed by atoms with Crippen molar-refractivity contribution in [3.63, 3.8) is 0 Å². The molecule has 3 aromatic rings. The summed E-state index contributed by atoms with van der Waals surface area (Å²) in [7, 11) is 1.62. The molecule has 0 spiro atoms. The summed E-state index contributed by atoms with van der Waals surface area (Å²) in [6.07, 6.45) is -3.88. The predicted molar refractivity (Wildman–Crippen MR) is 144 cm³/mol. The molecule has 3 aromatic carbocycles. The maximum absolute atomic E-state index is 13.5. The Morgan fingerprint density at radius 3 is 2.51 bits per heavy atom. The number of methoxy groups -OCH3 is 1. The van der Waals surface area contributed by atoms with Gasteiger partial charge in [0.1, 0.15) is 11.5 Å². The highest BCUT2D eigenvalue weighted by atomic mass is 19.4. The second kappa shape index (κ2) is 13.9. The average molecular weight is 543 g/mol. The Labute approximate surface area is 226 Å². The summed E-state index contributed by atoms with van der Waals surface area (Å²) < 4.78 is 52.0. The number of alkyl halides is 3. The molecule has 3 rings (SSSR count). The number of hydrogen-bond acceptors (Lipinski definition) is 5. The first-order valence-corrected chi connectivity index (χ1v) is 12.7. The maximum atomic E-state index is 13.5. The van der Waals surface area contributed by atoms with Crippen LogP contribution in [0.4, 0.5) is 13.2 Å². The van der Waals surface area contributed by atoms with Gasteiger partial charge in [-0.25, -0.2) is 0 Å². The molecular weight excluding hydrogens is 509 g/mol. The quantitative estimate of drug-likeness (QED) is 0.173. The van der Waals surface area contributed by atoms with Crippen LogP contribution in [0.25, 0.3) is 0 Å². The highest BCUT2D eigenvalue weighted by molar-refractivity contribution is 5.79. The topological polar surface area (TPSA) is 68.2 Å². The number of amides is 1. The van der Waals surface area contributed by atoms with Crippen molar-refractivity contribution >= 4 is 5.91 Å². The second-order valence-corrected chi connectivity index (χ2v) is 9.48. The number of nitrogens with zero attached hydrogens (tertiary/aromatic N) is 2. The number of nitroso groups, excluding NO2 is 1. The largest absolute Gasteiger partial charge is 0.496 e. The van der Waals surface area contributed by atoms with Gasteiger partial charge in [-0.15, -0.1) is 4.91 Å². The lowest BCUT2D eigenvalue weighted by molar-refractivity contribution is -0.138. The number of para-hydroxylation sites is 1. The number of carbonyl (C=O) groups is 1. The van der Waals surface area contributed by atoms with Gasteiger partial charge in [-0.05, 0) is 65.8 Å². The minimum Gasteiger partial charge on any atom is -0.496 e. The minimum atomic E-state index is -4.41. The third kappa shape index (κ3) is 8.64. The normalized spacial score (nSPS) is 12.3. The van der Waals surface area contributed by atoms with E-state index >= 15 is 0 Å². The van der Waals surface area contributed by atoms with E-state index in [0.717, 1.165) is 17.4 Å². The SMILES string of the molecule is COc1ccccc1C(C)CN(CCCOc1cccc(CC(=O)N=O)c1)Cc1cccc(C(F)(F)F)c1C. The Morgan fingerprint density at radius 2 is 1.79 bits per heavy atom. The van der Waals surface area contributed by atoms with Gasteiger partial charge in [0.15, 0.2) is 0 Å². The predicted octanol–water partition coefficient (Wildman–Crippen LogP) is 6.93. The van der Waals surface area contributed by atoms with Gasteiger partial charge in [0, 0.05) is 24.8 Å². The van der Waals surface area contributed by atoms with Crippen molar-refractivity contribution in [1.29, 1.82) is 0 Å². The van der Waals surface area contributed by atoms with Gasteiger partial charge >= 0.3 is 6.18 Å². The molecule has 9 heteroatoms. The lowest BCUT2D eigenvalue weighted by Gasteiger charge is -2.28. The Bertz CT molecular complexity index is 1260. The summed E-state index contributed by atoms with van der Waals surface area (Å²) in [4.78, 5) is 23.8. The van der Waals surface area contributed by atoms with Crippen LogP contribution in [0, 0.1) is 11.8 Å². The van der Waals surface area contributed by atoms with E-state index in [2.05, 4.69) is 17.0 Å². The summed E-state index contributed by atoms with van der Waals surface area (Å²) in [6, 6.07) is 18.9. The van der Waals surface area contributed by atoms with Crippen molar-refractivity contribution in [3.8, 4) is 11.5 Å². The van der Waals surface area contributed by atoms with Crippen molar-refractivity contribution in [3.05, 3.63) is 99.5 Å². The van der Waals surface area contributed by atoms with Crippen molar-refractivity contribution in [2.45, 2.75) is 45.3 Å². The third-order valence-corrected chi connectivity index (χ3v) is 6.59. The number of carbonyl (C=O) groups excluding carboxylic acids is 1. The first-order valence-electron chi connectivity index (χ1n) is 12.7. The van der Waals surface area contributed by atoms with Gasteiger partial charge in [0.25, 0.3) is 5.91 Å². The van der Waals surface area contributed by atoms with Gasteiger partial charge in [-0.1, -0.05) is 49.4 Å². The Morgan fingerprint density at radius 1 is 1.05 bits per heavy atom. The molecule has 0 N–H and O–H groups in total. The summed E-state index contributed by atoms with van der Waals surface area (Å²) in [5, 5.41) is 2.42. The molecule has 0 aliphatic heterocycles. The molecule has 1 unspecified atom stereocenters. The molecule has 208 valence electrons. The van der Waals surface area contributed by atoms with Crippen LogP contribution in [0.2, 0.25) is 0 Å². The molecule has 1 amide bonds. The molecule has 0 aliphatic carbocycles. The molecule has 0 radical (unpaired) electrons. The molecular formula is C30H33F3N2O4. The Hall–Kier alpha value is -3.72. The molecule has 0 heterocycles. The van der Waals surface area contributed by atoms with Crippen LogP contribution in [0.1, 0.15) is 47.1 Å². The lowest BCUT2D eigenvalue weighted by Crippen LogP contribution is -2.30. The number of benzene rings is 3. The van der Waals surface area contributed by atoms with Gasteiger partial charge in [0.05, 0.1) is 25.7 Å². The van der Waals surface area contributed by atoms with Crippen LogP contribution < -0.4 is 9.47 Å². The van der Waals surface area contributed by atoms with Crippen LogP contribution in [0.15, 0.2) is 71.9 Å². The molecule has 39 heavy (non-hydrogen) atoms. The summed E-state index contributed by atoms with van der Waals surface area (Å²) in [6.45, 7) is 5.49. The van der Waals surface area contributed by atoms with Gasteiger partial charge < -0.3 is 9.47 Å². The van der Waals surface area contributed by atoms with Crippen molar-refractivity contribution < 1.29 is 27.4 Å². The molecule has 0 aliphatic rings. The van der Waals surface area contributed by atoms with Crippen LogP contribution in [-0.2, 0) is 23.9 Å². The van der Waals surface area contributed by atoms with Crippen LogP contribution in [0.3, 0.4) is 0 Å². The standard InChI is InChI=1S/C30H33F3N2O4/c1-21(26-12-4-5-14-28(26)38-3)19-35(20-24-10-7-13-27(22(24)2)30(31,32)33)15-8-16-39-25-11-6-9-23(17-25)18-29(36)34-37/h4-7,9-14,17,21H,8,15-16,18-20H2,1-3H3. The number of hydrogen-bond donors (Lipinski definition) is 0. The minimum absolute atomic E-state index is 0.0637. The van der Waals surface area contributed by atoms with Crippen molar-refractivity contribution in [2.75, 3.05) is 26.8 Å². The first-order chi connectivity index (χ1) is 18.6. The van der Waals surface area contributed by atoms with Gasteiger partial charge in [-0.3, -0.25) is 9.69 Å². The molecule has 0 fully saturated rings. The molecule has 0 saturated carbocycles. The maximum Gasteiger partial charge on any atom is 0.416 e. The van der Waals surface area contributed by atoms with E-state index in [4.69, 9.17) is 9.47 Å². The molecule has 0 bridgehead atoms. The molecule has 1 atom stereocenters. The van der Waals surface area contributed by atoms with E-state index in [-0.39, 0.29) is 17.9 Å². The smallest absolute Gasteiger partial charge is 0.416 e. The zero-order valence-electron chi connectivity index (χ0n) is 22.3. The van der Waals surface area contributed by atoms with E-state index in [1.165, 1.54) is 13.0 Å². The fraction of sp³-hybridized carbons (Fsp3) is 0.367. The Balaban J connectivity index is 1.72. The highest BCUT2D eigenvalue weighted by Gasteiger charge is 2.33. The van der Waals surface area contributed by atoms with Crippen molar-refractivity contribution in [1.82, 2.24) is 4.90 Å². The summed E-state index contributed by atoms with van der Waals surface area (Å²) in [5.74, 6) is 0.645. The third-order valence-electron chi connectivity index (χ3n) is 6.59. The summed E-state index contributed by atoms with van der Waals surface area (Å²) >= 11 is 0. The molecule has 0 saturated heterocycles. The first kappa shape index (κ1) is 29.8. The van der Waals surface area contributed by atoms with Crippen LogP contribution >= 0.6 is 0 Å². The van der Waals surface area contributed by atoms with E-state index in [1.807, 2.05) is 24.3 Å². The average Bonchev–Trinajstić information content (AvgIpc) is 2.91. The van der Waals surface area contributed by atoms with Crippen molar-refractivity contribution in [2.24, 2.45) is 5.18 Å². The van der Waals surface area contributed by atoms with E-state index in [1.54, 1.807) is 37.4 Å². The fourth-order valence-electron chi connectivity index (χ4n) is 4.63. The second-order valence-electron chi connectivity index (χ2n) is 9.48. The molecule has 0 aromatic heterocycles. The summed E-state index contributed by atoms with van der Waals surface area (Å²) in [5.41, 5.74) is 1.89.